The van der Waals surface area contributed by atoms with Gasteiger partial charge in [0.2, 0.25) is 0 Å². The lowest BCUT2D eigenvalue weighted by molar-refractivity contribution is 0.114. The quantitative estimate of drug-likeness (QED) is 0.455. The van der Waals surface area contributed by atoms with E-state index in [9.17, 15) is 4.57 Å². The highest BCUT2D eigenvalue weighted by molar-refractivity contribution is 7.48. The molecule has 0 aliphatic heterocycles. The second-order valence-electron chi connectivity index (χ2n) is 1.49. The van der Waals surface area contributed by atoms with E-state index in [0.717, 1.165) is 0 Å². The summed E-state index contributed by atoms with van der Waals surface area (Å²) in [5.41, 5.74) is 0. The molecule has 0 saturated heterocycles. The largest absolute Gasteiger partial charge is 0.507 e. The number of phosphoric acid groups is 1. The Morgan fingerprint density at radius 3 is 2.20 bits per heavy atom. The Hall–Kier alpha value is 0.0300. The van der Waals surface area contributed by atoms with Gasteiger partial charge in [-0.1, -0.05) is 6.92 Å². The fourth-order valence-electron chi connectivity index (χ4n) is 0.289. The van der Waals surface area contributed by atoms with Crippen molar-refractivity contribution in [2.75, 3.05) is 6.61 Å². The molecule has 0 amide bonds. The van der Waals surface area contributed by atoms with Crippen molar-refractivity contribution in [1.82, 2.24) is 0 Å². The maximum Gasteiger partial charge on any atom is 0.507 e. The molecule has 0 aliphatic carbocycles. The molecule has 0 aromatic rings. The summed E-state index contributed by atoms with van der Waals surface area (Å²) < 4.78 is 23.1. The molecule has 0 fully saturated rings. The Kier molecular flexibility index (Phi) is 4.80. The third-order valence-electron chi connectivity index (χ3n) is 0.712. The Labute approximate surface area is 58.9 Å². The van der Waals surface area contributed by atoms with E-state index in [2.05, 4.69) is 25.6 Å². The molecule has 7 heteroatoms. The molecule has 0 aromatic heterocycles. The monoisotopic (exact) mass is 170 g/mol. The highest BCUT2D eigenvalue weighted by atomic mass is 31.2. The predicted octanol–water partition coefficient (Wildman–Crippen LogP) is 0.302. The summed E-state index contributed by atoms with van der Waals surface area (Å²) in [5.74, 6) is 9.13. The van der Waals surface area contributed by atoms with Gasteiger partial charge in [0.25, 0.3) is 0 Å². The Balaban J connectivity index is 3.70. The molecular weight excluding hydrogens is 159 g/mol. The van der Waals surface area contributed by atoms with Crippen LogP contribution in [0.25, 0.3) is 0 Å². The van der Waals surface area contributed by atoms with Crippen molar-refractivity contribution in [3.05, 3.63) is 0 Å². The molecular formula is C3H11N2O4P. The molecule has 4 N–H and O–H groups in total. The number of hydrogen-bond donors (Lipinski definition) is 2. The first-order valence-corrected chi connectivity index (χ1v) is 4.16. The molecule has 0 rings (SSSR count). The molecule has 0 atom stereocenters. The van der Waals surface area contributed by atoms with Crippen LogP contribution in [0.4, 0.5) is 0 Å². The third kappa shape index (κ3) is 3.26. The zero-order chi connectivity index (χ0) is 8.04. The number of hydrogen-bond acceptors (Lipinski definition) is 6. The topological polar surface area (TPSA) is 96.8 Å². The van der Waals surface area contributed by atoms with Crippen LogP contribution in [0, 0.1) is 0 Å². The second kappa shape index (κ2) is 4.79. The Bertz CT molecular complexity index is 122. The zero-order valence-electron chi connectivity index (χ0n) is 5.65. The number of nitrogens with two attached hydrogens (primary N) is 2. The first-order valence-electron chi connectivity index (χ1n) is 2.70. The van der Waals surface area contributed by atoms with Crippen LogP contribution in [0.2, 0.25) is 0 Å². The standard InChI is InChI=1S/C3H11N2O4P/c1-2-3-7-10(6,8-4)9-5/h2-5H2,1H3. The minimum absolute atomic E-state index is 0.228. The Morgan fingerprint density at radius 1 is 1.40 bits per heavy atom. The van der Waals surface area contributed by atoms with Gasteiger partial charge in [-0.3, -0.25) is 4.52 Å². The van der Waals surface area contributed by atoms with Crippen LogP contribution in [0.1, 0.15) is 13.3 Å². The van der Waals surface area contributed by atoms with Gasteiger partial charge in [-0.2, -0.15) is 9.25 Å². The lowest BCUT2D eigenvalue weighted by Gasteiger charge is -2.09. The van der Waals surface area contributed by atoms with Crippen LogP contribution >= 0.6 is 7.82 Å². The highest BCUT2D eigenvalue weighted by Gasteiger charge is 2.23. The molecule has 0 aliphatic rings. The molecule has 0 heterocycles. The lowest BCUT2D eigenvalue weighted by atomic mass is 10.5. The van der Waals surface area contributed by atoms with E-state index in [4.69, 9.17) is 0 Å². The van der Waals surface area contributed by atoms with Crippen molar-refractivity contribution in [2.45, 2.75) is 13.3 Å². The first-order chi connectivity index (χ1) is 4.68. The minimum atomic E-state index is -3.64. The van der Waals surface area contributed by atoms with Crippen molar-refractivity contribution in [1.29, 1.82) is 0 Å². The van der Waals surface area contributed by atoms with E-state index in [1.54, 1.807) is 0 Å². The fourth-order valence-corrected chi connectivity index (χ4v) is 0.866. The molecule has 62 valence electrons. The molecule has 0 radical (unpaired) electrons. The first kappa shape index (κ1) is 10.0. The predicted molar refractivity (Wildman–Crippen MR) is 34.4 cm³/mol. The summed E-state index contributed by atoms with van der Waals surface area (Å²) in [6.07, 6.45) is 0.677. The van der Waals surface area contributed by atoms with E-state index in [1.807, 2.05) is 6.92 Å². The van der Waals surface area contributed by atoms with Crippen molar-refractivity contribution in [3.63, 3.8) is 0 Å². The van der Waals surface area contributed by atoms with Crippen LogP contribution in [0.15, 0.2) is 0 Å². The molecule has 0 saturated carbocycles. The average Bonchev–Trinajstić information content (AvgIpc) is 2.00. The third-order valence-corrected chi connectivity index (χ3v) is 1.73. The average molecular weight is 170 g/mol. The van der Waals surface area contributed by atoms with E-state index >= 15 is 0 Å². The highest BCUT2D eigenvalue weighted by Crippen LogP contribution is 2.45. The summed E-state index contributed by atoms with van der Waals surface area (Å²) in [5, 5.41) is 0. The molecule has 0 unspecified atom stereocenters. The molecule has 0 bridgehead atoms. The van der Waals surface area contributed by atoms with Gasteiger partial charge in [-0.25, -0.2) is 16.4 Å². The van der Waals surface area contributed by atoms with Crippen LogP contribution in [0.5, 0.6) is 0 Å². The lowest BCUT2D eigenvalue weighted by Crippen LogP contribution is -2.08. The van der Waals surface area contributed by atoms with Gasteiger partial charge >= 0.3 is 7.82 Å². The maximum absolute atomic E-state index is 10.8. The maximum atomic E-state index is 10.8. The smallest absolute Gasteiger partial charge is 0.285 e. The normalized spacial score (nSPS) is 11.9. The van der Waals surface area contributed by atoms with E-state index < -0.39 is 7.82 Å². The molecule has 0 spiro atoms. The van der Waals surface area contributed by atoms with Gasteiger partial charge in [0.1, 0.15) is 0 Å². The van der Waals surface area contributed by atoms with Gasteiger partial charge in [0.05, 0.1) is 6.61 Å². The molecule has 0 aromatic carbocycles. The summed E-state index contributed by atoms with van der Waals surface area (Å²) in [6.45, 7) is 2.06. The SMILES string of the molecule is CCCOP(=O)(ON)ON. The van der Waals surface area contributed by atoms with Gasteiger partial charge in [-0.05, 0) is 6.42 Å². The molecule has 10 heavy (non-hydrogen) atoms. The van der Waals surface area contributed by atoms with Crippen molar-refractivity contribution in [3.8, 4) is 0 Å². The summed E-state index contributed by atoms with van der Waals surface area (Å²) in [7, 11) is -3.64. The van der Waals surface area contributed by atoms with Crippen LogP contribution in [-0.4, -0.2) is 6.61 Å². The van der Waals surface area contributed by atoms with Crippen LogP contribution in [0.3, 0.4) is 0 Å². The van der Waals surface area contributed by atoms with Crippen molar-refractivity contribution < 1.29 is 18.3 Å². The van der Waals surface area contributed by atoms with Gasteiger partial charge in [0, 0.05) is 0 Å². The van der Waals surface area contributed by atoms with Gasteiger partial charge in [0.15, 0.2) is 0 Å². The van der Waals surface area contributed by atoms with E-state index in [-0.39, 0.29) is 6.61 Å². The van der Waals surface area contributed by atoms with E-state index in [1.165, 1.54) is 0 Å². The van der Waals surface area contributed by atoms with Gasteiger partial charge in [-0.15, -0.1) is 0 Å². The summed E-state index contributed by atoms with van der Waals surface area (Å²) in [6, 6.07) is 0. The fraction of sp³-hybridized carbons (Fsp3) is 1.00. The van der Waals surface area contributed by atoms with E-state index in [0.29, 0.717) is 6.42 Å². The molecule has 6 nitrogen and oxygen atoms in total. The van der Waals surface area contributed by atoms with Crippen molar-refractivity contribution >= 4 is 7.82 Å². The minimum Gasteiger partial charge on any atom is -0.285 e. The van der Waals surface area contributed by atoms with Gasteiger partial charge < -0.3 is 0 Å². The van der Waals surface area contributed by atoms with Crippen LogP contribution < -0.4 is 11.8 Å². The van der Waals surface area contributed by atoms with Crippen LogP contribution in [-0.2, 0) is 18.3 Å². The Morgan fingerprint density at radius 2 is 1.90 bits per heavy atom. The zero-order valence-corrected chi connectivity index (χ0v) is 6.54. The summed E-state index contributed by atoms with van der Waals surface area (Å²) >= 11 is 0. The van der Waals surface area contributed by atoms with Crippen molar-refractivity contribution in [2.24, 2.45) is 11.8 Å². The summed E-state index contributed by atoms with van der Waals surface area (Å²) in [4.78, 5) is 0. The second-order valence-corrected chi connectivity index (χ2v) is 3.07. The number of rotatable bonds is 5.